The van der Waals surface area contributed by atoms with Crippen molar-refractivity contribution in [3.8, 4) is 5.75 Å². The number of nitrogens with one attached hydrogen (secondary N) is 1. The zero-order chi connectivity index (χ0) is 28.2. The van der Waals surface area contributed by atoms with Crippen LogP contribution >= 0.6 is 23.1 Å². The number of carbonyl (C=O) groups is 2. The number of hydrogen-bond acceptors (Lipinski definition) is 6. The topological polar surface area (TPSA) is 79.5 Å². The van der Waals surface area contributed by atoms with Crippen LogP contribution in [0.5, 0.6) is 5.75 Å². The molecule has 1 aromatic heterocycles. The van der Waals surface area contributed by atoms with Crippen molar-refractivity contribution in [2.45, 2.75) is 35.9 Å². The fraction of sp³-hybridized carbons (Fsp3) is 0.207. The van der Waals surface area contributed by atoms with Gasteiger partial charge in [-0.25, -0.2) is 4.90 Å². The fourth-order valence-electron chi connectivity index (χ4n) is 5.16. The standard InChI is InChI=1S/C29H21F3N2O4S2/c1-15-5-2-3-6-17(15)14-38-20-11-9-16(10-12-20)21-22-24(39-25-23(21)40-28(37)33-25)27(36)34(26(22)35)19-8-4-7-18(13-19)29(30,31)32/h2-13,21-22,24H,14H2,1H3,(H,33,37)/t21-,22?,24?/m1/s1. The van der Waals surface area contributed by atoms with E-state index in [2.05, 4.69) is 4.98 Å². The van der Waals surface area contributed by atoms with Gasteiger partial charge in [-0.05, 0) is 53.9 Å². The molecule has 11 heteroatoms. The summed E-state index contributed by atoms with van der Waals surface area (Å²) in [7, 11) is 0. The number of fused-ring (bicyclic) bond motifs is 2. The normalized spacial score (nSPS) is 20.4. The highest BCUT2D eigenvalue weighted by molar-refractivity contribution is 8.00. The molecule has 0 bridgehead atoms. The molecule has 2 aliphatic heterocycles. The van der Waals surface area contributed by atoms with Crippen LogP contribution in [-0.4, -0.2) is 22.0 Å². The van der Waals surface area contributed by atoms with Crippen LogP contribution in [0, 0.1) is 12.8 Å². The molecule has 3 atom stereocenters. The minimum absolute atomic E-state index is 0.129. The third-order valence-electron chi connectivity index (χ3n) is 7.15. The Morgan fingerprint density at radius 2 is 1.70 bits per heavy atom. The first-order chi connectivity index (χ1) is 19.1. The summed E-state index contributed by atoms with van der Waals surface area (Å²) in [6.07, 6.45) is -4.63. The number of thioether (sulfide) groups is 1. The monoisotopic (exact) mass is 582 g/mol. The molecule has 6 nitrogen and oxygen atoms in total. The van der Waals surface area contributed by atoms with Gasteiger partial charge in [-0.1, -0.05) is 65.6 Å². The average Bonchev–Trinajstić information content (AvgIpc) is 3.42. The van der Waals surface area contributed by atoms with E-state index >= 15 is 0 Å². The maximum absolute atomic E-state index is 13.8. The van der Waals surface area contributed by atoms with E-state index < -0.39 is 40.6 Å². The highest BCUT2D eigenvalue weighted by Gasteiger charge is 2.56. The number of imide groups is 1. The van der Waals surface area contributed by atoms with Gasteiger partial charge in [0.05, 0.1) is 22.2 Å². The molecular formula is C29H21F3N2O4S2. The number of nitrogens with zero attached hydrogens (tertiary/aromatic N) is 1. The van der Waals surface area contributed by atoms with E-state index in [0.29, 0.717) is 27.8 Å². The molecule has 0 saturated carbocycles. The highest BCUT2D eigenvalue weighted by Crippen LogP contribution is 2.53. The number of alkyl halides is 3. The predicted molar refractivity (Wildman–Crippen MR) is 146 cm³/mol. The zero-order valence-corrected chi connectivity index (χ0v) is 22.5. The van der Waals surface area contributed by atoms with Crippen molar-refractivity contribution in [1.29, 1.82) is 0 Å². The summed E-state index contributed by atoms with van der Waals surface area (Å²) in [6.45, 7) is 2.38. The molecule has 2 aliphatic rings. The van der Waals surface area contributed by atoms with E-state index in [9.17, 15) is 27.6 Å². The summed E-state index contributed by atoms with van der Waals surface area (Å²) in [4.78, 5) is 43.5. The van der Waals surface area contributed by atoms with Gasteiger partial charge in [0.25, 0.3) is 0 Å². The SMILES string of the molecule is Cc1ccccc1COc1ccc([C@H]2c3sc(=O)[nH]c3SC3C(=O)N(c4cccc(C(F)(F)F)c4)C(=O)C32)cc1. The molecule has 0 spiro atoms. The Bertz CT molecular complexity index is 1680. The lowest BCUT2D eigenvalue weighted by Crippen LogP contribution is -2.32. The van der Waals surface area contributed by atoms with Gasteiger partial charge in [0.2, 0.25) is 11.8 Å². The van der Waals surface area contributed by atoms with Crippen LogP contribution in [0.2, 0.25) is 0 Å². The molecule has 1 fully saturated rings. The fourth-order valence-corrected chi connectivity index (χ4v) is 7.67. The van der Waals surface area contributed by atoms with Crippen LogP contribution < -0.4 is 14.5 Å². The first-order valence-electron chi connectivity index (χ1n) is 12.3. The second-order valence-corrected chi connectivity index (χ2v) is 11.8. The minimum Gasteiger partial charge on any atom is -0.489 e. The lowest BCUT2D eigenvalue weighted by Gasteiger charge is -2.29. The van der Waals surface area contributed by atoms with E-state index in [1.54, 1.807) is 24.3 Å². The Morgan fingerprint density at radius 3 is 2.42 bits per heavy atom. The lowest BCUT2D eigenvalue weighted by atomic mass is 9.83. The lowest BCUT2D eigenvalue weighted by molar-refractivity contribution is -0.137. The van der Waals surface area contributed by atoms with Gasteiger partial charge in [-0.2, -0.15) is 13.2 Å². The number of ether oxygens (including phenoxy) is 1. The van der Waals surface area contributed by atoms with Gasteiger partial charge in [0, 0.05) is 10.8 Å². The van der Waals surface area contributed by atoms with E-state index in [1.807, 2.05) is 31.2 Å². The molecule has 2 unspecified atom stereocenters. The van der Waals surface area contributed by atoms with Gasteiger partial charge < -0.3 is 9.72 Å². The maximum Gasteiger partial charge on any atom is 0.416 e. The van der Waals surface area contributed by atoms with Gasteiger partial charge in [-0.15, -0.1) is 0 Å². The Kier molecular flexibility index (Phi) is 6.58. The number of rotatable bonds is 5. The molecular weight excluding hydrogens is 561 g/mol. The third-order valence-corrected chi connectivity index (χ3v) is 9.55. The summed E-state index contributed by atoms with van der Waals surface area (Å²) in [6, 6.07) is 19.2. The number of thiazole rings is 1. The third kappa shape index (κ3) is 4.62. The first-order valence-corrected chi connectivity index (χ1v) is 14.0. The zero-order valence-electron chi connectivity index (χ0n) is 20.9. The van der Waals surface area contributed by atoms with Crippen LogP contribution in [0.3, 0.4) is 0 Å². The van der Waals surface area contributed by atoms with Crippen molar-refractivity contribution in [3.63, 3.8) is 0 Å². The Morgan fingerprint density at radius 1 is 0.950 bits per heavy atom. The number of aromatic amines is 1. The summed E-state index contributed by atoms with van der Waals surface area (Å²) < 4.78 is 46.1. The molecule has 40 heavy (non-hydrogen) atoms. The second-order valence-electron chi connectivity index (χ2n) is 9.59. The van der Waals surface area contributed by atoms with Crippen LogP contribution in [0.25, 0.3) is 0 Å². The van der Waals surface area contributed by atoms with E-state index in [4.69, 9.17) is 4.74 Å². The average molecular weight is 583 g/mol. The number of hydrogen-bond donors (Lipinski definition) is 1. The first kappa shape index (κ1) is 26.4. The van der Waals surface area contributed by atoms with E-state index in [-0.39, 0.29) is 10.6 Å². The van der Waals surface area contributed by atoms with Crippen molar-refractivity contribution in [3.05, 3.63) is 110 Å². The molecule has 0 aliphatic carbocycles. The van der Waals surface area contributed by atoms with Crippen molar-refractivity contribution in [1.82, 2.24) is 4.98 Å². The Labute approximate surface area is 234 Å². The number of benzene rings is 3. The molecule has 0 radical (unpaired) electrons. The summed E-state index contributed by atoms with van der Waals surface area (Å²) in [5.74, 6) is -2.14. The Hall–Kier alpha value is -3.83. The summed E-state index contributed by atoms with van der Waals surface area (Å²) >= 11 is 2.04. The number of H-pyrrole nitrogens is 1. The van der Waals surface area contributed by atoms with Crippen LogP contribution in [0.15, 0.2) is 82.6 Å². The number of halogens is 3. The molecule has 2 amide bonds. The van der Waals surface area contributed by atoms with E-state index in [1.165, 1.54) is 12.1 Å². The molecule has 1 N–H and O–H groups in total. The van der Waals surface area contributed by atoms with Gasteiger partial charge >= 0.3 is 11.0 Å². The number of aromatic nitrogens is 1. The molecule has 4 aromatic rings. The molecule has 3 aromatic carbocycles. The summed E-state index contributed by atoms with van der Waals surface area (Å²) in [5, 5.41) is -0.407. The van der Waals surface area contributed by atoms with E-state index in [0.717, 1.165) is 51.3 Å². The second kappa shape index (κ2) is 9.97. The molecule has 204 valence electrons. The van der Waals surface area contributed by atoms with Crippen molar-refractivity contribution in [2.24, 2.45) is 5.92 Å². The van der Waals surface area contributed by atoms with Crippen molar-refractivity contribution < 1.29 is 27.5 Å². The highest BCUT2D eigenvalue weighted by atomic mass is 32.2. The number of amides is 2. The quantitative estimate of drug-likeness (QED) is 0.286. The summed E-state index contributed by atoms with van der Waals surface area (Å²) in [5.41, 5.74) is 1.77. The maximum atomic E-state index is 13.8. The molecule has 3 heterocycles. The van der Waals surface area contributed by atoms with Crippen LogP contribution in [0.4, 0.5) is 18.9 Å². The van der Waals surface area contributed by atoms with Gasteiger partial charge in [0.1, 0.15) is 17.6 Å². The van der Waals surface area contributed by atoms with Gasteiger partial charge in [-0.3, -0.25) is 14.4 Å². The van der Waals surface area contributed by atoms with Crippen molar-refractivity contribution >= 4 is 40.6 Å². The van der Waals surface area contributed by atoms with Crippen LogP contribution in [0.1, 0.15) is 33.0 Å². The Balaban J connectivity index is 1.33. The number of anilines is 1. The van der Waals surface area contributed by atoms with Crippen molar-refractivity contribution in [2.75, 3.05) is 4.90 Å². The number of carbonyl (C=O) groups excluding carboxylic acids is 2. The number of aryl methyl sites for hydroxylation is 1. The molecule has 1 saturated heterocycles. The largest absolute Gasteiger partial charge is 0.489 e. The van der Waals surface area contributed by atoms with Gasteiger partial charge in [0.15, 0.2) is 0 Å². The minimum atomic E-state index is -4.63. The molecule has 6 rings (SSSR count). The predicted octanol–water partition coefficient (Wildman–Crippen LogP) is 6.14. The van der Waals surface area contributed by atoms with Crippen LogP contribution in [-0.2, 0) is 22.4 Å². The smallest absolute Gasteiger partial charge is 0.416 e.